The van der Waals surface area contributed by atoms with Gasteiger partial charge in [0.05, 0.1) is 32.5 Å². The fraction of sp³-hybridized carbons (Fsp3) is 0.419. The Bertz CT molecular complexity index is 1650. The number of carbonyl (C=O) groups is 1. The van der Waals surface area contributed by atoms with Gasteiger partial charge in [0.15, 0.2) is 11.9 Å². The van der Waals surface area contributed by atoms with Gasteiger partial charge in [0.25, 0.3) is 5.91 Å². The van der Waals surface area contributed by atoms with Gasteiger partial charge in [-0.2, -0.15) is 0 Å². The van der Waals surface area contributed by atoms with E-state index in [2.05, 4.69) is 17.0 Å². The van der Waals surface area contributed by atoms with E-state index in [1.54, 1.807) is 4.90 Å². The normalized spacial score (nSPS) is 22.2. The highest BCUT2D eigenvalue weighted by atomic mass is 16.8. The molecule has 0 radical (unpaired) electrons. The molecular weight excluding hydrogens is 656 g/mol. The molecule has 1 amide bonds. The molecule has 2 aliphatic rings. The second kappa shape index (κ2) is 17.7. The number of hydrogen-bond acceptors (Lipinski definition) is 8. The van der Waals surface area contributed by atoms with Crippen LogP contribution in [0.15, 0.2) is 121 Å². The van der Waals surface area contributed by atoms with Crippen LogP contribution >= 0.6 is 0 Å². The summed E-state index contributed by atoms with van der Waals surface area (Å²) in [5.74, 6) is -1.30. The van der Waals surface area contributed by atoms with E-state index >= 15 is 0 Å². The minimum absolute atomic E-state index is 0.0424. The molecule has 0 aliphatic carbocycles. The highest BCUT2D eigenvalue weighted by Gasteiger charge is 2.60. The van der Waals surface area contributed by atoms with Gasteiger partial charge in [-0.3, -0.25) is 9.69 Å². The van der Waals surface area contributed by atoms with Gasteiger partial charge in [-0.05, 0) is 43.0 Å². The molecule has 0 aromatic heterocycles. The van der Waals surface area contributed by atoms with Crippen LogP contribution in [0.2, 0.25) is 0 Å². The van der Waals surface area contributed by atoms with Crippen LogP contribution < -0.4 is 0 Å². The molecule has 2 aliphatic heterocycles. The summed E-state index contributed by atoms with van der Waals surface area (Å²) < 4.78 is 32.6. The Balaban J connectivity index is 1.29. The smallest absolute Gasteiger partial charge is 0.254 e. The van der Waals surface area contributed by atoms with Crippen molar-refractivity contribution in [2.75, 3.05) is 32.8 Å². The molecule has 0 bridgehead atoms. The lowest BCUT2D eigenvalue weighted by molar-refractivity contribution is -0.241. The molecule has 1 N–H and O–H groups in total. The minimum atomic E-state index is -1.44. The molecule has 276 valence electrons. The largest absolute Gasteiger partial charge is 0.387 e. The Morgan fingerprint density at radius 3 is 1.71 bits per heavy atom. The van der Waals surface area contributed by atoms with E-state index in [-0.39, 0.29) is 25.7 Å². The molecule has 5 atom stereocenters. The third kappa shape index (κ3) is 9.73. The first-order chi connectivity index (χ1) is 25.2. The van der Waals surface area contributed by atoms with Crippen LogP contribution in [0, 0.1) is 0 Å². The van der Waals surface area contributed by atoms with Crippen molar-refractivity contribution in [1.29, 1.82) is 0 Å². The van der Waals surface area contributed by atoms with Crippen molar-refractivity contribution in [3.8, 4) is 0 Å². The number of carbonyl (C=O) groups excluding carboxylic acids is 1. The molecule has 2 saturated heterocycles. The second-order valence-corrected chi connectivity index (χ2v) is 14.2. The zero-order valence-corrected chi connectivity index (χ0v) is 30.5. The first-order valence-electron chi connectivity index (χ1n) is 18.3. The number of aliphatic hydroxyl groups excluding tert-OH is 1. The third-order valence-corrected chi connectivity index (χ3v) is 9.85. The lowest BCUT2D eigenvalue weighted by Gasteiger charge is -2.43. The number of piperazine rings is 1. The van der Waals surface area contributed by atoms with Crippen molar-refractivity contribution in [2.45, 2.75) is 82.9 Å². The van der Waals surface area contributed by atoms with E-state index in [0.717, 1.165) is 23.2 Å². The van der Waals surface area contributed by atoms with Gasteiger partial charge in [0.1, 0.15) is 17.8 Å². The van der Waals surface area contributed by atoms with Crippen molar-refractivity contribution in [3.63, 3.8) is 0 Å². The standard InChI is InChI=1S/C43H52N2O7/c1-33-43(52-42(2,3)51-33,32-48-29-35-18-10-5-11-19-35)40(50-31-37-22-14-7-15-23-37)38(46)39(49-30-36-20-12-6-13-21-36)41(47)45-26-24-44(25-27-45)28-34-16-8-4-9-17-34/h4-23,33,38-40,46H,24-32H2,1-3H3/t33-,38-,39-,40+,43-/m1/s1. The predicted molar refractivity (Wildman–Crippen MR) is 199 cm³/mol. The lowest BCUT2D eigenvalue weighted by atomic mass is 9.85. The average molecular weight is 709 g/mol. The summed E-state index contributed by atoms with van der Waals surface area (Å²) in [4.78, 5) is 18.7. The Morgan fingerprint density at radius 1 is 0.731 bits per heavy atom. The van der Waals surface area contributed by atoms with Gasteiger partial charge >= 0.3 is 0 Å². The van der Waals surface area contributed by atoms with E-state index in [9.17, 15) is 9.90 Å². The molecule has 9 heteroatoms. The molecule has 4 aromatic rings. The van der Waals surface area contributed by atoms with Gasteiger partial charge < -0.3 is 33.7 Å². The molecule has 0 spiro atoms. The topological polar surface area (TPSA) is 89.9 Å². The SMILES string of the molecule is C[C@H]1OC(C)(C)O[C@@]1(COCc1ccccc1)[C@@H](OCc1ccccc1)[C@H](O)[C@@H](OCc1ccccc1)C(=O)N1CCN(Cc2ccccc2)CC1. The van der Waals surface area contributed by atoms with Crippen molar-refractivity contribution in [2.24, 2.45) is 0 Å². The Kier molecular flexibility index (Phi) is 12.9. The van der Waals surface area contributed by atoms with Gasteiger partial charge in [-0.1, -0.05) is 121 Å². The summed E-state index contributed by atoms with van der Waals surface area (Å²) in [6.45, 7) is 9.47. The van der Waals surface area contributed by atoms with E-state index in [1.807, 2.05) is 130 Å². The van der Waals surface area contributed by atoms with Crippen LogP contribution in [0.1, 0.15) is 43.0 Å². The number of aliphatic hydroxyl groups is 1. The fourth-order valence-electron chi connectivity index (χ4n) is 7.18. The molecular formula is C43H52N2O7. The fourth-order valence-corrected chi connectivity index (χ4v) is 7.18. The maximum Gasteiger partial charge on any atom is 0.254 e. The Morgan fingerprint density at radius 2 is 1.21 bits per heavy atom. The minimum Gasteiger partial charge on any atom is -0.387 e. The number of amides is 1. The van der Waals surface area contributed by atoms with Crippen molar-refractivity contribution in [1.82, 2.24) is 9.80 Å². The van der Waals surface area contributed by atoms with Crippen LogP contribution in [0.5, 0.6) is 0 Å². The second-order valence-electron chi connectivity index (χ2n) is 14.2. The quantitative estimate of drug-likeness (QED) is 0.152. The van der Waals surface area contributed by atoms with Crippen molar-refractivity contribution < 1.29 is 33.6 Å². The predicted octanol–water partition coefficient (Wildman–Crippen LogP) is 5.99. The monoisotopic (exact) mass is 708 g/mol. The number of hydrogen-bond donors (Lipinski definition) is 1. The molecule has 52 heavy (non-hydrogen) atoms. The molecule has 2 fully saturated rings. The molecule has 4 aromatic carbocycles. The Labute approximate surface area is 308 Å². The zero-order chi connectivity index (χ0) is 36.4. The summed E-state index contributed by atoms with van der Waals surface area (Å²) in [7, 11) is 0. The van der Waals surface area contributed by atoms with E-state index in [1.165, 1.54) is 5.56 Å². The van der Waals surface area contributed by atoms with E-state index in [4.69, 9.17) is 23.7 Å². The number of ether oxygens (including phenoxy) is 5. The lowest BCUT2D eigenvalue weighted by Crippen LogP contribution is -2.64. The van der Waals surface area contributed by atoms with Crippen LogP contribution in [0.3, 0.4) is 0 Å². The van der Waals surface area contributed by atoms with Crippen LogP contribution in [-0.2, 0) is 54.8 Å². The van der Waals surface area contributed by atoms with E-state index in [0.29, 0.717) is 32.8 Å². The van der Waals surface area contributed by atoms with Crippen molar-refractivity contribution in [3.05, 3.63) is 144 Å². The maximum atomic E-state index is 14.6. The first kappa shape index (κ1) is 37.8. The summed E-state index contributed by atoms with van der Waals surface area (Å²) in [6.07, 6.45) is -4.35. The summed E-state index contributed by atoms with van der Waals surface area (Å²) in [6, 6.07) is 39.6. The summed E-state index contributed by atoms with van der Waals surface area (Å²) in [5.41, 5.74) is 2.73. The highest BCUT2D eigenvalue weighted by molar-refractivity contribution is 5.82. The van der Waals surface area contributed by atoms with Crippen LogP contribution in [-0.4, -0.2) is 89.4 Å². The molecule has 2 heterocycles. The molecule has 0 unspecified atom stereocenters. The van der Waals surface area contributed by atoms with Crippen LogP contribution in [0.4, 0.5) is 0 Å². The Hall–Kier alpha value is -3.93. The number of rotatable bonds is 16. The maximum absolute atomic E-state index is 14.6. The van der Waals surface area contributed by atoms with Crippen molar-refractivity contribution >= 4 is 5.91 Å². The van der Waals surface area contributed by atoms with Gasteiger partial charge in [0.2, 0.25) is 0 Å². The average Bonchev–Trinajstić information content (AvgIpc) is 3.40. The first-order valence-corrected chi connectivity index (χ1v) is 18.3. The number of nitrogens with zero attached hydrogens (tertiary/aromatic N) is 2. The zero-order valence-electron chi connectivity index (χ0n) is 30.5. The van der Waals surface area contributed by atoms with Gasteiger partial charge in [-0.25, -0.2) is 0 Å². The van der Waals surface area contributed by atoms with Gasteiger partial charge in [0, 0.05) is 32.7 Å². The summed E-state index contributed by atoms with van der Waals surface area (Å²) >= 11 is 0. The third-order valence-electron chi connectivity index (χ3n) is 9.85. The summed E-state index contributed by atoms with van der Waals surface area (Å²) in [5, 5.41) is 12.6. The molecule has 0 saturated carbocycles. The molecule has 9 nitrogen and oxygen atoms in total. The van der Waals surface area contributed by atoms with E-state index < -0.39 is 35.8 Å². The van der Waals surface area contributed by atoms with Crippen LogP contribution in [0.25, 0.3) is 0 Å². The van der Waals surface area contributed by atoms with Gasteiger partial charge in [-0.15, -0.1) is 0 Å². The highest BCUT2D eigenvalue weighted by Crippen LogP contribution is 2.42. The number of benzene rings is 4. The molecule has 6 rings (SSSR count).